The second-order valence-corrected chi connectivity index (χ2v) is 11.4. The molecule has 0 atom stereocenters. The van der Waals surface area contributed by atoms with Gasteiger partial charge in [0.1, 0.15) is 0 Å². The molecule has 6 aromatic rings. The standard InChI is InChI=1S/C34H27N/c1-33(2)26-15-8-14-24-25-18-21(23-13-7-11-20-10-5-6-12-22(20)23)19-29-31(25)35(30(24)26)32-27(33)16-9-17-28(32)34(29,3)4/h5-19H,1-4H3. The molecule has 2 aliphatic heterocycles. The summed E-state index contributed by atoms with van der Waals surface area (Å²) in [6.07, 6.45) is 0. The summed E-state index contributed by atoms with van der Waals surface area (Å²) in [6, 6.07) is 34.3. The van der Waals surface area contributed by atoms with E-state index in [1.165, 1.54) is 71.6 Å². The third-order valence-electron chi connectivity index (χ3n) is 8.94. The fourth-order valence-electron chi connectivity index (χ4n) is 7.11. The molecule has 0 spiro atoms. The summed E-state index contributed by atoms with van der Waals surface area (Å²) in [5.74, 6) is 0. The molecule has 1 aromatic heterocycles. The fraction of sp³-hybridized carbons (Fsp3) is 0.176. The second kappa shape index (κ2) is 6.04. The minimum absolute atomic E-state index is 0.0404. The average molecular weight is 450 g/mol. The van der Waals surface area contributed by atoms with E-state index < -0.39 is 0 Å². The van der Waals surface area contributed by atoms with Crippen molar-refractivity contribution in [2.24, 2.45) is 0 Å². The topological polar surface area (TPSA) is 4.93 Å². The second-order valence-electron chi connectivity index (χ2n) is 11.4. The van der Waals surface area contributed by atoms with Gasteiger partial charge in [-0.15, -0.1) is 0 Å². The Bertz CT molecular complexity index is 1890. The Morgan fingerprint density at radius 3 is 1.94 bits per heavy atom. The molecule has 0 aliphatic carbocycles. The monoisotopic (exact) mass is 449 g/mol. The van der Waals surface area contributed by atoms with E-state index in [2.05, 4.69) is 123 Å². The first-order valence-electron chi connectivity index (χ1n) is 12.6. The lowest BCUT2D eigenvalue weighted by Crippen LogP contribution is -2.33. The zero-order chi connectivity index (χ0) is 23.7. The van der Waals surface area contributed by atoms with Gasteiger partial charge in [0.25, 0.3) is 0 Å². The highest BCUT2D eigenvalue weighted by Gasteiger charge is 2.43. The maximum Gasteiger partial charge on any atom is 0.0582 e. The number of hydrogen-bond donors (Lipinski definition) is 0. The van der Waals surface area contributed by atoms with Gasteiger partial charge in [0.05, 0.1) is 16.7 Å². The number of para-hydroxylation sites is 2. The zero-order valence-electron chi connectivity index (χ0n) is 20.6. The number of rotatable bonds is 1. The van der Waals surface area contributed by atoms with Crippen molar-refractivity contribution >= 4 is 32.6 Å². The number of benzene rings is 5. The fourth-order valence-corrected chi connectivity index (χ4v) is 7.11. The molecule has 8 rings (SSSR count). The third-order valence-corrected chi connectivity index (χ3v) is 8.94. The molecule has 168 valence electrons. The van der Waals surface area contributed by atoms with Crippen molar-refractivity contribution in [1.29, 1.82) is 0 Å². The Kier molecular flexibility index (Phi) is 3.36. The Hall–Kier alpha value is -3.84. The first-order valence-corrected chi connectivity index (χ1v) is 12.6. The third kappa shape index (κ3) is 2.16. The summed E-state index contributed by atoms with van der Waals surface area (Å²) in [4.78, 5) is 0. The molecule has 0 radical (unpaired) electrons. The van der Waals surface area contributed by atoms with Crippen LogP contribution in [0.4, 0.5) is 0 Å². The molecular formula is C34H27N. The van der Waals surface area contributed by atoms with Gasteiger partial charge < -0.3 is 4.57 Å². The molecule has 0 fully saturated rings. The van der Waals surface area contributed by atoms with E-state index in [0.29, 0.717) is 0 Å². The van der Waals surface area contributed by atoms with E-state index >= 15 is 0 Å². The van der Waals surface area contributed by atoms with Gasteiger partial charge in [-0.2, -0.15) is 0 Å². The maximum atomic E-state index is 2.60. The van der Waals surface area contributed by atoms with Crippen LogP contribution in [0.2, 0.25) is 0 Å². The number of hydrogen-bond acceptors (Lipinski definition) is 0. The molecular weight excluding hydrogens is 422 g/mol. The predicted octanol–water partition coefficient (Wildman–Crippen LogP) is 8.88. The summed E-state index contributed by atoms with van der Waals surface area (Å²) in [7, 11) is 0. The van der Waals surface area contributed by atoms with Crippen LogP contribution in [-0.2, 0) is 10.8 Å². The van der Waals surface area contributed by atoms with Crippen LogP contribution in [0.1, 0.15) is 49.9 Å². The smallest absolute Gasteiger partial charge is 0.0582 e. The quantitative estimate of drug-likeness (QED) is 0.236. The van der Waals surface area contributed by atoms with E-state index in [9.17, 15) is 0 Å². The zero-order valence-corrected chi connectivity index (χ0v) is 20.6. The van der Waals surface area contributed by atoms with E-state index in [4.69, 9.17) is 0 Å². The summed E-state index contributed by atoms with van der Waals surface area (Å²) >= 11 is 0. The predicted molar refractivity (Wildman–Crippen MR) is 148 cm³/mol. The van der Waals surface area contributed by atoms with Gasteiger partial charge in [-0.3, -0.25) is 0 Å². The summed E-state index contributed by atoms with van der Waals surface area (Å²) in [5.41, 5.74) is 12.4. The summed E-state index contributed by atoms with van der Waals surface area (Å²) in [5, 5.41) is 5.34. The van der Waals surface area contributed by atoms with Gasteiger partial charge in [-0.1, -0.05) is 107 Å². The van der Waals surface area contributed by atoms with Crippen LogP contribution < -0.4 is 0 Å². The van der Waals surface area contributed by atoms with Crippen LogP contribution in [-0.4, -0.2) is 4.57 Å². The molecule has 0 saturated carbocycles. The average Bonchev–Trinajstić information content (AvgIpc) is 3.20. The van der Waals surface area contributed by atoms with Gasteiger partial charge in [0.2, 0.25) is 0 Å². The molecule has 0 unspecified atom stereocenters. The molecule has 0 N–H and O–H groups in total. The van der Waals surface area contributed by atoms with E-state index in [0.717, 1.165) is 0 Å². The van der Waals surface area contributed by atoms with Crippen molar-refractivity contribution < 1.29 is 0 Å². The SMILES string of the molecule is CC1(C)c2cccc3c2-n2c4c1cccc4c1cc(-c4cccc5ccccc45)cc(c12)C3(C)C. The van der Waals surface area contributed by atoms with Gasteiger partial charge in [0.15, 0.2) is 0 Å². The molecule has 0 saturated heterocycles. The lowest BCUT2D eigenvalue weighted by molar-refractivity contribution is 0.594. The van der Waals surface area contributed by atoms with E-state index in [1.54, 1.807) is 0 Å². The van der Waals surface area contributed by atoms with Crippen molar-refractivity contribution in [1.82, 2.24) is 4.57 Å². The number of aromatic nitrogens is 1. The molecule has 2 aliphatic rings. The summed E-state index contributed by atoms with van der Waals surface area (Å²) < 4.78 is 2.60. The van der Waals surface area contributed by atoms with Gasteiger partial charge >= 0.3 is 0 Å². The Balaban J connectivity index is 1.62. The Labute approximate surface area is 205 Å². The minimum atomic E-state index is -0.0951. The molecule has 1 nitrogen and oxygen atoms in total. The van der Waals surface area contributed by atoms with Gasteiger partial charge in [-0.05, 0) is 56.3 Å². The lowest BCUT2D eigenvalue weighted by atomic mass is 9.68. The lowest BCUT2D eigenvalue weighted by Gasteiger charge is -2.42. The maximum absolute atomic E-state index is 2.60. The molecule has 0 amide bonds. The van der Waals surface area contributed by atoms with Gasteiger partial charge in [-0.25, -0.2) is 0 Å². The highest BCUT2D eigenvalue weighted by atomic mass is 15.0. The van der Waals surface area contributed by atoms with Crippen LogP contribution in [0.3, 0.4) is 0 Å². The van der Waals surface area contributed by atoms with Crippen molar-refractivity contribution in [2.75, 3.05) is 0 Å². The van der Waals surface area contributed by atoms with Crippen molar-refractivity contribution in [3.8, 4) is 16.8 Å². The molecule has 0 bridgehead atoms. The van der Waals surface area contributed by atoms with Crippen LogP contribution >= 0.6 is 0 Å². The Morgan fingerprint density at radius 2 is 1.11 bits per heavy atom. The Morgan fingerprint density at radius 1 is 0.514 bits per heavy atom. The first-order chi connectivity index (χ1) is 16.9. The molecule has 35 heavy (non-hydrogen) atoms. The molecule has 5 aromatic carbocycles. The van der Waals surface area contributed by atoms with Crippen LogP contribution in [0.5, 0.6) is 0 Å². The summed E-state index contributed by atoms with van der Waals surface area (Å²) in [6.45, 7) is 9.60. The van der Waals surface area contributed by atoms with Crippen molar-refractivity contribution in [3.63, 3.8) is 0 Å². The molecule has 3 heterocycles. The first kappa shape index (κ1) is 19.5. The number of fused-ring (bicyclic) bond motifs is 2. The van der Waals surface area contributed by atoms with Crippen molar-refractivity contribution in [2.45, 2.75) is 38.5 Å². The van der Waals surface area contributed by atoms with Crippen LogP contribution in [0.25, 0.3) is 49.4 Å². The molecule has 1 heteroatoms. The van der Waals surface area contributed by atoms with Crippen LogP contribution in [0, 0.1) is 0 Å². The van der Waals surface area contributed by atoms with Crippen molar-refractivity contribution in [3.05, 3.63) is 113 Å². The van der Waals surface area contributed by atoms with Crippen LogP contribution in [0.15, 0.2) is 91.0 Å². The highest BCUT2D eigenvalue weighted by molar-refractivity contribution is 6.15. The van der Waals surface area contributed by atoms with E-state index in [1.807, 2.05) is 0 Å². The normalized spacial score (nSPS) is 16.5. The number of nitrogens with zero attached hydrogens (tertiary/aromatic N) is 1. The van der Waals surface area contributed by atoms with Gasteiger partial charge in [0, 0.05) is 21.6 Å². The minimum Gasteiger partial charge on any atom is -0.308 e. The highest BCUT2D eigenvalue weighted by Crippen LogP contribution is 2.55. The van der Waals surface area contributed by atoms with E-state index in [-0.39, 0.29) is 10.8 Å². The largest absolute Gasteiger partial charge is 0.308 e.